The highest BCUT2D eigenvalue weighted by Gasteiger charge is 2.31. The van der Waals surface area contributed by atoms with Crippen LogP contribution in [0.3, 0.4) is 0 Å². The number of amides is 1. The molecule has 0 radical (unpaired) electrons. The predicted molar refractivity (Wildman–Crippen MR) is 105 cm³/mol. The molecular weight excluding hydrogens is 421 g/mol. The molecule has 164 valence electrons. The minimum absolute atomic E-state index is 0.0403. The van der Waals surface area contributed by atoms with Crippen LogP contribution in [0.5, 0.6) is 5.75 Å². The molecule has 2 rings (SSSR count). The summed E-state index contributed by atoms with van der Waals surface area (Å²) in [6.07, 6.45) is -4.14. The number of carbonyl (C=O) groups is 1. The zero-order valence-electron chi connectivity index (χ0n) is 16.4. The predicted octanol–water partition coefficient (Wildman–Crippen LogP) is 3.69. The normalized spacial score (nSPS) is 11.9. The van der Waals surface area contributed by atoms with E-state index >= 15 is 0 Å². The number of ether oxygens (including phenoxy) is 1. The Morgan fingerprint density at radius 3 is 2.27 bits per heavy atom. The molecule has 0 atom stereocenters. The Hall–Kier alpha value is -2.59. The van der Waals surface area contributed by atoms with Crippen molar-refractivity contribution < 1.29 is 31.1 Å². The van der Waals surface area contributed by atoms with Gasteiger partial charge in [0.25, 0.3) is 0 Å². The first-order valence-electron chi connectivity index (χ1n) is 9.28. The van der Waals surface area contributed by atoms with E-state index in [9.17, 15) is 26.4 Å². The van der Waals surface area contributed by atoms with Gasteiger partial charge in [-0.3, -0.25) is 4.79 Å². The molecule has 0 aromatic heterocycles. The van der Waals surface area contributed by atoms with Gasteiger partial charge in [-0.15, -0.1) is 13.2 Å². The number of nitrogens with one attached hydrogen (secondary N) is 1. The van der Waals surface area contributed by atoms with Gasteiger partial charge in [0.2, 0.25) is 15.9 Å². The highest BCUT2D eigenvalue weighted by molar-refractivity contribution is 7.89. The number of sulfonamides is 1. The molecule has 0 spiro atoms. The second-order valence-corrected chi connectivity index (χ2v) is 8.23. The maximum atomic E-state index is 12.5. The molecule has 10 heteroatoms. The van der Waals surface area contributed by atoms with E-state index in [0.717, 1.165) is 36.2 Å². The number of rotatable bonds is 10. The number of alkyl halides is 3. The fourth-order valence-corrected chi connectivity index (χ4v) is 3.75. The summed E-state index contributed by atoms with van der Waals surface area (Å²) in [4.78, 5) is 13.9. The topological polar surface area (TPSA) is 75.7 Å². The highest BCUT2D eigenvalue weighted by atomic mass is 32.2. The van der Waals surface area contributed by atoms with Crippen molar-refractivity contribution in [2.75, 3.05) is 13.1 Å². The van der Waals surface area contributed by atoms with Crippen LogP contribution in [0.25, 0.3) is 0 Å². The van der Waals surface area contributed by atoms with Crippen molar-refractivity contribution in [3.8, 4) is 5.75 Å². The van der Waals surface area contributed by atoms with Crippen molar-refractivity contribution in [2.45, 2.75) is 37.6 Å². The van der Waals surface area contributed by atoms with E-state index in [1.165, 1.54) is 0 Å². The van der Waals surface area contributed by atoms with Crippen LogP contribution in [-0.2, 0) is 21.4 Å². The SMILES string of the molecule is CCCN(Cc1ccccc1)C(=O)CCNS(=O)(=O)c1ccc(OC(F)(F)F)cc1. The van der Waals surface area contributed by atoms with Crippen molar-refractivity contribution in [1.82, 2.24) is 9.62 Å². The molecule has 2 aromatic rings. The molecule has 0 unspecified atom stereocenters. The number of nitrogens with zero attached hydrogens (tertiary/aromatic N) is 1. The van der Waals surface area contributed by atoms with E-state index in [4.69, 9.17) is 0 Å². The van der Waals surface area contributed by atoms with Crippen LogP contribution in [0.2, 0.25) is 0 Å². The molecule has 0 fully saturated rings. The van der Waals surface area contributed by atoms with Crippen molar-refractivity contribution in [1.29, 1.82) is 0 Å². The molecule has 0 aliphatic rings. The fourth-order valence-electron chi connectivity index (χ4n) is 2.72. The number of hydrogen-bond acceptors (Lipinski definition) is 4. The summed E-state index contributed by atoms with van der Waals surface area (Å²) in [5.74, 6) is -0.718. The van der Waals surface area contributed by atoms with E-state index in [0.29, 0.717) is 13.1 Å². The van der Waals surface area contributed by atoms with Gasteiger partial charge in [0.1, 0.15) is 5.75 Å². The minimum atomic E-state index is -4.86. The van der Waals surface area contributed by atoms with E-state index in [1.807, 2.05) is 37.3 Å². The van der Waals surface area contributed by atoms with Gasteiger partial charge in [0, 0.05) is 26.1 Å². The van der Waals surface area contributed by atoms with Gasteiger partial charge in [0.15, 0.2) is 0 Å². The second-order valence-electron chi connectivity index (χ2n) is 6.47. The third-order valence-corrected chi connectivity index (χ3v) is 5.54. The van der Waals surface area contributed by atoms with Gasteiger partial charge in [0.05, 0.1) is 4.90 Å². The van der Waals surface area contributed by atoms with E-state index in [-0.39, 0.29) is 23.8 Å². The number of carbonyl (C=O) groups excluding carboxylic acids is 1. The first-order valence-corrected chi connectivity index (χ1v) is 10.8. The summed E-state index contributed by atoms with van der Waals surface area (Å²) in [6.45, 7) is 2.79. The molecule has 0 bridgehead atoms. The molecule has 6 nitrogen and oxygen atoms in total. The monoisotopic (exact) mass is 444 g/mol. The lowest BCUT2D eigenvalue weighted by molar-refractivity contribution is -0.274. The standard InChI is InChI=1S/C20H23F3N2O4S/c1-2-14-25(15-16-6-4-3-5-7-16)19(26)12-13-24-30(27,28)18-10-8-17(9-11-18)29-20(21,22)23/h3-11,24H,2,12-15H2,1H3. The van der Waals surface area contributed by atoms with Crippen LogP contribution in [0.4, 0.5) is 13.2 Å². The molecule has 2 aromatic carbocycles. The summed E-state index contributed by atoms with van der Waals surface area (Å²) < 4.78 is 67.2. The molecular formula is C20H23F3N2O4S. The quantitative estimate of drug-likeness (QED) is 0.607. The lowest BCUT2D eigenvalue weighted by atomic mass is 10.2. The molecule has 1 N–H and O–H groups in total. The molecule has 0 saturated carbocycles. The molecule has 0 saturated heterocycles. The number of halogens is 3. The zero-order valence-corrected chi connectivity index (χ0v) is 17.2. The van der Waals surface area contributed by atoms with Gasteiger partial charge in [-0.1, -0.05) is 37.3 Å². The highest BCUT2D eigenvalue weighted by Crippen LogP contribution is 2.23. The van der Waals surface area contributed by atoms with Crippen molar-refractivity contribution in [2.24, 2.45) is 0 Å². The van der Waals surface area contributed by atoms with E-state index in [1.54, 1.807) is 4.90 Å². The second kappa shape index (κ2) is 10.4. The number of benzene rings is 2. The van der Waals surface area contributed by atoms with Crippen LogP contribution >= 0.6 is 0 Å². The summed E-state index contributed by atoms with van der Waals surface area (Å²) in [6, 6.07) is 13.3. The van der Waals surface area contributed by atoms with Crippen LogP contribution in [0, 0.1) is 0 Å². The molecule has 0 aliphatic heterocycles. The Morgan fingerprint density at radius 2 is 1.70 bits per heavy atom. The Bertz CT molecular complexity index is 917. The maximum Gasteiger partial charge on any atom is 0.573 e. The van der Waals surface area contributed by atoms with Crippen molar-refractivity contribution in [3.63, 3.8) is 0 Å². The van der Waals surface area contributed by atoms with Crippen LogP contribution in [0.15, 0.2) is 59.5 Å². The first-order chi connectivity index (χ1) is 14.1. The lowest BCUT2D eigenvalue weighted by Crippen LogP contribution is -2.34. The Kier molecular flexibility index (Phi) is 8.24. The van der Waals surface area contributed by atoms with Crippen LogP contribution in [0.1, 0.15) is 25.3 Å². The Labute approximate surface area is 173 Å². The van der Waals surface area contributed by atoms with Crippen molar-refractivity contribution >= 4 is 15.9 Å². The van der Waals surface area contributed by atoms with Gasteiger partial charge in [-0.25, -0.2) is 13.1 Å². The first kappa shape index (κ1) is 23.7. The summed E-state index contributed by atoms with van der Waals surface area (Å²) in [7, 11) is -3.97. The van der Waals surface area contributed by atoms with Crippen molar-refractivity contribution in [3.05, 3.63) is 60.2 Å². The molecule has 1 amide bonds. The largest absolute Gasteiger partial charge is 0.573 e. The summed E-state index contributed by atoms with van der Waals surface area (Å²) >= 11 is 0. The summed E-state index contributed by atoms with van der Waals surface area (Å²) in [5.41, 5.74) is 0.973. The average molecular weight is 444 g/mol. The molecule has 0 heterocycles. The smallest absolute Gasteiger partial charge is 0.406 e. The fraction of sp³-hybridized carbons (Fsp3) is 0.350. The van der Waals surface area contributed by atoms with E-state index < -0.39 is 22.1 Å². The third kappa shape index (κ3) is 7.68. The van der Waals surface area contributed by atoms with Gasteiger partial charge < -0.3 is 9.64 Å². The zero-order chi connectivity index (χ0) is 22.2. The summed E-state index contributed by atoms with van der Waals surface area (Å²) in [5, 5.41) is 0. The Balaban J connectivity index is 1.92. The lowest BCUT2D eigenvalue weighted by Gasteiger charge is -2.22. The molecule has 30 heavy (non-hydrogen) atoms. The number of hydrogen-bond donors (Lipinski definition) is 1. The van der Waals surface area contributed by atoms with Gasteiger partial charge >= 0.3 is 6.36 Å². The van der Waals surface area contributed by atoms with E-state index in [2.05, 4.69) is 9.46 Å². The van der Waals surface area contributed by atoms with Crippen LogP contribution < -0.4 is 9.46 Å². The van der Waals surface area contributed by atoms with Gasteiger partial charge in [-0.05, 0) is 36.2 Å². The average Bonchev–Trinajstić information content (AvgIpc) is 2.67. The van der Waals surface area contributed by atoms with Crippen LogP contribution in [-0.4, -0.2) is 38.7 Å². The third-order valence-electron chi connectivity index (χ3n) is 4.06. The minimum Gasteiger partial charge on any atom is -0.406 e. The van der Waals surface area contributed by atoms with Gasteiger partial charge in [-0.2, -0.15) is 0 Å². The maximum absolute atomic E-state index is 12.5. The Morgan fingerprint density at radius 1 is 1.07 bits per heavy atom. The molecule has 0 aliphatic carbocycles.